The normalized spacial score (nSPS) is 26.9. The first-order valence-electron chi connectivity index (χ1n) is 8.55. The van der Waals surface area contributed by atoms with Crippen LogP contribution in [0.15, 0.2) is 16.7 Å². The standard InChI is InChI=1S/C18H27N3O3/c1-12(2)20-8-14-9-21(16(22)15-6-7-24-13(15)3)11-18(14,10-20)17(23)19(4)5/h6-7,12,14H,8-11H2,1-5H3/t14-,18-/m0/s1. The third-order valence-corrected chi connectivity index (χ3v) is 5.57. The molecule has 2 aliphatic heterocycles. The largest absolute Gasteiger partial charge is 0.469 e. The molecule has 6 heteroatoms. The molecule has 0 aromatic carbocycles. The van der Waals surface area contributed by atoms with Gasteiger partial charge in [-0.15, -0.1) is 0 Å². The van der Waals surface area contributed by atoms with E-state index in [9.17, 15) is 9.59 Å². The maximum atomic E-state index is 13.0. The first-order valence-corrected chi connectivity index (χ1v) is 8.55. The second kappa shape index (κ2) is 5.92. The van der Waals surface area contributed by atoms with E-state index < -0.39 is 5.41 Å². The van der Waals surface area contributed by atoms with Crippen LogP contribution < -0.4 is 0 Å². The van der Waals surface area contributed by atoms with Crippen LogP contribution in [0.4, 0.5) is 0 Å². The van der Waals surface area contributed by atoms with Gasteiger partial charge in [0.15, 0.2) is 0 Å². The van der Waals surface area contributed by atoms with E-state index in [0.29, 0.717) is 30.5 Å². The summed E-state index contributed by atoms with van der Waals surface area (Å²) in [6.07, 6.45) is 1.54. The van der Waals surface area contributed by atoms with Crippen molar-refractivity contribution in [2.45, 2.75) is 26.8 Å². The highest BCUT2D eigenvalue weighted by Gasteiger charge is 2.58. The molecule has 6 nitrogen and oxygen atoms in total. The van der Waals surface area contributed by atoms with Crippen LogP contribution in [-0.2, 0) is 4.79 Å². The predicted molar refractivity (Wildman–Crippen MR) is 90.7 cm³/mol. The van der Waals surface area contributed by atoms with Gasteiger partial charge in [0.1, 0.15) is 5.76 Å². The minimum Gasteiger partial charge on any atom is -0.469 e. The Kier molecular flexibility index (Phi) is 4.20. The number of rotatable bonds is 3. The number of aryl methyl sites for hydroxylation is 1. The monoisotopic (exact) mass is 333 g/mol. The van der Waals surface area contributed by atoms with Crippen molar-refractivity contribution in [3.63, 3.8) is 0 Å². The Morgan fingerprint density at radius 1 is 1.29 bits per heavy atom. The number of likely N-dealkylation sites (tertiary alicyclic amines) is 2. The van der Waals surface area contributed by atoms with E-state index >= 15 is 0 Å². The molecule has 2 aliphatic rings. The van der Waals surface area contributed by atoms with Crippen molar-refractivity contribution in [3.8, 4) is 0 Å². The molecular formula is C18H27N3O3. The zero-order valence-corrected chi connectivity index (χ0v) is 15.2. The van der Waals surface area contributed by atoms with Crippen LogP contribution in [0.5, 0.6) is 0 Å². The molecule has 0 unspecified atom stereocenters. The molecule has 3 heterocycles. The van der Waals surface area contributed by atoms with Gasteiger partial charge in [0.25, 0.3) is 5.91 Å². The summed E-state index contributed by atoms with van der Waals surface area (Å²) in [5.74, 6) is 0.923. The van der Waals surface area contributed by atoms with Crippen molar-refractivity contribution >= 4 is 11.8 Å². The molecule has 1 aromatic rings. The highest BCUT2D eigenvalue weighted by atomic mass is 16.3. The van der Waals surface area contributed by atoms with Crippen molar-refractivity contribution in [2.75, 3.05) is 40.3 Å². The summed E-state index contributed by atoms with van der Waals surface area (Å²) < 4.78 is 5.27. The van der Waals surface area contributed by atoms with Crippen molar-refractivity contribution in [2.24, 2.45) is 11.3 Å². The van der Waals surface area contributed by atoms with Gasteiger partial charge in [0.2, 0.25) is 5.91 Å². The number of hydrogen-bond donors (Lipinski definition) is 0. The highest BCUT2D eigenvalue weighted by molar-refractivity contribution is 5.96. The first kappa shape index (κ1) is 17.0. The van der Waals surface area contributed by atoms with Gasteiger partial charge in [0, 0.05) is 52.2 Å². The third-order valence-electron chi connectivity index (χ3n) is 5.57. The van der Waals surface area contributed by atoms with Gasteiger partial charge < -0.3 is 14.2 Å². The number of carbonyl (C=O) groups is 2. The fraction of sp³-hybridized carbons (Fsp3) is 0.667. The average molecular weight is 333 g/mol. The summed E-state index contributed by atoms with van der Waals surface area (Å²) in [6.45, 7) is 8.82. The second-order valence-corrected chi connectivity index (χ2v) is 7.65. The zero-order valence-electron chi connectivity index (χ0n) is 15.2. The number of furan rings is 1. The molecule has 0 saturated carbocycles. The minimum absolute atomic E-state index is 0.0299. The van der Waals surface area contributed by atoms with E-state index in [1.165, 1.54) is 0 Å². The zero-order chi connectivity index (χ0) is 17.6. The van der Waals surface area contributed by atoms with Crippen LogP contribution in [0, 0.1) is 18.3 Å². The number of hydrogen-bond acceptors (Lipinski definition) is 4. The summed E-state index contributed by atoms with van der Waals surface area (Å²) in [5, 5.41) is 0. The van der Waals surface area contributed by atoms with Gasteiger partial charge in [-0.3, -0.25) is 14.5 Å². The molecule has 0 radical (unpaired) electrons. The van der Waals surface area contributed by atoms with Gasteiger partial charge in [-0.1, -0.05) is 0 Å². The Morgan fingerprint density at radius 2 is 2.00 bits per heavy atom. The average Bonchev–Trinajstić information content (AvgIpc) is 3.17. The quantitative estimate of drug-likeness (QED) is 0.840. The molecule has 0 bridgehead atoms. The van der Waals surface area contributed by atoms with Gasteiger partial charge in [-0.2, -0.15) is 0 Å². The van der Waals surface area contributed by atoms with Crippen molar-refractivity contribution in [1.82, 2.24) is 14.7 Å². The van der Waals surface area contributed by atoms with Gasteiger partial charge in [-0.05, 0) is 26.8 Å². The molecule has 2 atom stereocenters. The summed E-state index contributed by atoms with van der Waals surface area (Å²) in [7, 11) is 3.60. The lowest BCUT2D eigenvalue weighted by atomic mass is 9.79. The van der Waals surface area contributed by atoms with Crippen LogP contribution >= 0.6 is 0 Å². The van der Waals surface area contributed by atoms with Crippen LogP contribution in [0.2, 0.25) is 0 Å². The number of carbonyl (C=O) groups excluding carboxylic acids is 2. The van der Waals surface area contributed by atoms with Crippen molar-refractivity contribution < 1.29 is 14.0 Å². The number of amides is 2. The van der Waals surface area contributed by atoms with Crippen molar-refractivity contribution in [1.29, 1.82) is 0 Å². The molecule has 3 rings (SSSR count). The Bertz CT molecular complexity index is 652. The van der Waals surface area contributed by atoms with Crippen LogP contribution in [0.25, 0.3) is 0 Å². The van der Waals surface area contributed by atoms with Gasteiger partial charge in [-0.25, -0.2) is 0 Å². The molecule has 0 spiro atoms. The molecule has 1 aromatic heterocycles. The van der Waals surface area contributed by atoms with Crippen LogP contribution in [0.1, 0.15) is 30.0 Å². The van der Waals surface area contributed by atoms with Crippen molar-refractivity contribution in [3.05, 3.63) is 23.7 Å². The van der Waals surface area contributed by atoms with E-state index in [1.54, 1.807) is 38.2 Å². The molecule has 2 fully saturated rings. The van der Waals surface area contributed by atoms with E-state index in [4.69, 9.17) is 4.42 Å². The summed E-state index contributed by atoms with van der Waals surface area (Å²) in [5.41, 5.74) is 0.115. The topological polar surface area (TPSA) is 57.0 Å². The summed E-state index contributed by atoms with van der Waals surface area (Å²) >= 11 is 0. The highest BCUT2D eigenvalue weighted by Crippen LogP contribution is 2.44. The van der Waals surface area contributed by atoms with E-state index in [0.717, 1.165) is 13.1 Å². The lowest BCUT2D eigenvalue weighted by Gasteiger charge is -2.31. The summed E-state index contributed by atoms with van der Waals surface area (Å²) in [4.78, 5) is 31.7. The Morgan fingerprint density at radius 3 is 2.54 bits per heavy atom. The molecule has 2 saturated heterocycles. The second-order valence-electron chi connectivity index (χ2n) is 7.65. The van der Waals surface area contributed by atoms with E-state index in [2.05, 4.69) is 18.7 Å². The first-order chi connectivity index (χ1) is 11.3. The van der Waals surface area contributed by atoms with E-state index in [1.807, 2.05) is 4.90 Å². The minimum atomic E-state index is -0.485. The Labute approximate surface area is 143 Å². The molecule has 0 N–H and O–H groups in total. The maximum Gasteiger partial charge on any atom is 0.257 e. The Balaban J connectivity index is 1.87. The number of fused-ring (bicyclic) bond motifs is 1. The molecular weight excluding hydrogens is 306 g/mol. The molecule has 24 heavy (non-hydrogen) atoms. The maximum absolute atomic E-state index is 13.0. The fourth-order valence-corrected chi connectivity index (χ4v) is 4.18. The predicted octanol–water partition coefficient (Wildman–Crippen LogP) is 1.46. The lowest BCUT2D eigenvalue weighted by molar-refractivity contribution is -0.139. The smallest absolute Gasteiger partial charge is 0.257 e. The number of nitrogens with zero attached hydrogens (tertiary/aromatic N) is 3. The lowest BCUT2D eigenvalue weighted by Crippen LogP contribution is -2.48. The summed E-state index contributed by atoms with van der Waals surface area (Å²) in [6, 6.07) is 2.12. The third kappa shape index (κ3) is 2.53. The van der Waals surface area contributed by atoms with Gasteiger partial charge >= 0.3 is 0 Å². The molecule has 132 valence electrons. The molecule has 0 aliphatic carbocycles. The molecule has 2 amide bonds. The fourth-order valence-electron chi connectivity index (χ4n) is 4.18. The van der Waals surface area contributed by atoms with Crippen LogP contribution in [-0.4, -0.2) is 72.8 Å². The van der Waals surface area contributed by atoms with E-state index in [-0.39, 0.29) is 17.7 Å². The Hall–Kier alpha value is -1.82. The van der Waals surface area contributed by atoms with Crippen LogP contribution in [0.3, 0.4) is 0 Å². The van der Waals surface area contributed by atoms with Gasteiger partial charge in [0.05, 0.1) is 17.2 Å². The SMILES string of the molecule is Cc1occc1C(=O)N1C[C@@H]2CN(C(C)C)C[C@]2(C(=O)N(C)C)C1.